The van der Waals surface area contributed by atoms with Crippen molar-refractivity contribution in [2.75, 3.05) is 0 Å². The average molecular weight is 325 g/mol. The average Bonchev–Trinajstić information content (AvgIpc) is 3.00. The highest BCUT2D eigenvalue weighted by atomic mass is 35.5. The fraction of sp³-hybridized carbons (Fsp3) is 0.167. The second-order valence-corrected chi connectivity index (χ2v) is 6.06. The highest BCUT2D eigenvalue weighted by molar-refractivity contribution is 6.49. The molecule has 1 heterocycles. The summed E-state index contributed by atoms with van der Waals surface area (Å²) in [5.74, 6) is -0.683. The molecular formula is C18H13ClN2O2. The minimum Gasteiger partial charge on any atom is -0.374 e. The molecule has 23 heavy (non-hydrogen) atoms. The molecule has 114 valence electrons. The molecule has 4 nitrogen and oxygen atoms in total. The number of pyridine rings is 1. The van der Waals surface area contributed by atoms with Gasteiger partial charge >= 0.3 is 0 Å². The molecule has 0 saturated heterocycles. The molecule has 2 aromatic rings. The van der Waals surface area contributed by atoms with Crippen LogP contribution in [0, 0.1) is 0 Å². The van der Waals surface area contributed by atoms with Crippen molar-refractivity contribution in [3.63, 3.8) is 0 Å². The lowest BCUT2D eigenvalue weighted by Gasteiger charge is -2.22. The first-order valence-electron chi connectivity index (χ1n) is 7.45. The van der Waals surface area contributed by atoms with E-state index in [4.69, 9.17) is 11.6 Å². The molecule has 1 aromatic heterocycles. The Morgan fingerprint density at radius 2 is 1.91 bits per heavy atom. The number of allylic oxidation sites excluding steroid dienone is 2. The summed E-state index contributed by atoms with van der Waals surface area (Å²) < 4.78 is 0. The quantitative estimate of drug-likeness (QED) is 0.921. The Balaban J connectivity index is 1.72. The fourth-order valence-corrected chi connectivity index (χ4v) is 3.47. The number of Topliss-reactive ketones (excluding diaryl/α,β-unsaturated/α-hetero) is 2. The van der Waals surface area contributed by atoms with E-state index in [1.165, 1.54) is 11.8 Å². The predicted molar refractivity (Wildman–Crippen MR) is 86.4 cm³/mol. The van der Waals surface area contributed by atoms with Crippen LogP contribution >= 0.6 is 11.6 Å². The van der Waals surface area contributed by atoms with E-state index in [9.17, 15) is 9.59 Å². The number of hydrogen-bond donors (Lipinski definition) is 1. The van der Waals surface area contributed by atoms with E-state index in [2.05, 4.69) is 16.4 Å². The van der Waals surface area contributed by atoms with Crippen molar-refractivity contribution in [2.45, 2.75) is 18.9 Å². The van der Waals surface area contributed by atoms with Crippen LogP contribution in [0.5, 0.6) is 0 Å². The number of nitrogens with zero attached hydrogens (tertiary/aromatic N) is 1. The Kier molecular flexibility index (Phi) is 3.27. The molecule has 1 unspecified atom stereocenters. The third-order valence-corrected chi connectivity index (χ3v) is 4.73. The number of carbonyl (C=O) groups is 2. The number of aromatic nitrogens is 1. The molecule has 0 saturated carbocycles. The van der Waals surface area contributed by atoms with Crippen molar-refractivity contribution in [1.82, 2.24) is 10.3 Å². The first-order chi connectivity index (χ1) is 11.2. The van der Waals surface area contributed by atoms with Crippen LogP contribution in [0.1, 0.15) is 44.4 Å². The molecule has 5 heteroatoms. The number of aryl methyl sites for hydroxylation is 1. The molecule has 0 aliphatic heterocycles. The van der Waals surface area contributed by atoms with Crippen molar-refractivity contribution in [3.05, 3.63) is 75.7 Å². The lowest BCUT2D eigenvalue weighted by Crippen LogP contribution is -2.31. The molecule has 1 aromatic carbocycles. The van der Waals surface area contributed by atoms with Gasteiger partial charge in [-0.3, -0.25) is 14.6 Å². The molecule has 2 aliphatic carbocycles. The maximum absolute atomic E-state index is 12.7. The smallest absolute Gasteiger partial charge is 0.229 e. The zero-order valence-electron chi connectivity index (χ0n) is 12.2. The summed E-state index contributed by atoms with van der Waals surface area (Å²) in [4.78, 5) is 29.1. The molecule has 2 aliphatic rings. The Morgan fingerprint density at radius 3 is 2.78 bits per heavy atom. The second-order valence-electron chi connectivity index (χ2n) is 5.68. The van der Waals surface area contributed by atoms with Gasteiger partial charge in [0.2, 0.25) is 11.6 Å². The van der Waals surface area contributed by atoms with Crippen LogP contribution in [0.4, 0.5) is 0 Å². The number of ketones is 2. The van der Waals surface area contributed by atoms with Crippen LogP contribution in [0.25, 0.3) is 0 Å². The highest BCUT2D eigenvalue weighted by Crippen LogP contribution is 2.34. The predicted octanol–water partition coefficient (Wildman–Crippen LogP) is 3.19. The van der Waals surface area contributed by atoms with Gasteiger partial charge in [0.25, 0.3) is 0 Å². The van der Waals surface area contributed by atoms with Gasteiger partial charge in [0, 0.05) is 6.20 Å². The lowest BCUT2D eigenvalue weighted by atomic mass is 9.96. The molecule has 0 fully saturated rings. The summed E-state index contributed by atoms with van der Waals surface area (Å²) in [5, 5.41) is 3.13. The summed E-state index contributed by atoms with van der Waals surface area (Å²) in [7, 11) is 0. The van der Waals surface area contributed by atoms with Crippen LogP contribution < -0.4 is 5.32 Å². The van der Waals surface area contributed by atoms with E-state index >= 15 is 0 Å². The summed E-state index contributed by atoms with van der Waals surface area (Å²) in [6, 6.07) is 11.3. The zero-order valence-corrected chi connectivity index (χ0v) is 12.9. The van der Waals surface area contributed by atoms with Gasteiger partial charge in [-0.1, -0.05) is 35.9 Å². The highest BCUT2D eigenvalue weighted by Gasteiger charge is 2.34. The Hall–Kier alpha value is -2.46. The third kappa shape index (κ3) is 2.18. The summed E-state index contributed by atoms with van der Waals surface area (Å²) in [5.41, 5.74) is 2.99. The Morgan fingerprint density at radius 1 is 1.09 bits per heavy atom. The first kappa shape index (κ1) is 14.2. The first-order valence-corrected chi connectivity index (χ1v) is 7.83. The van der Waals surface area contributed by atoms with Gasteiger partial charge in [0.15, 0.2) is 0 Å². The number of hydrogen-bond acceptors (Lipinski definition) is 4. The maximum Gasteiger partial charge on any atom is 0.229 e. The zero-order chi connectivity index (χ0) is 16.0. The van der Waals surface area contributed by atoms with Gasteiger partial charge in [-0.05, 0) is 36.1 Å². The fourth-order valence-electron chi connectivity index (χ4n) is 3.23. The molecule has 0 amide bonds. The van der Waals surface area contributed by atoms with E-state index in [-0.39, 0.29) is 39.6 Å². The van der Waals surface area contributed by atoms with E-state index in [1.807, 2.05) is 18.2 Å². The monoisotopic (exact) mass is 324 g/mol. The Bertz CT molecular complexity index is 873. The molecule has 1 atom stereocenters. The molecule has 0 spiro atoms. The Labute approximate surface area is 138 Å². The van der Waals surface area contributed by atoms with Crippen molar-refractivity contribution in [1.29, 1.82) is 0 Å². The van der Waals surface area contributed by atoms with Gasteiger partial charge in [0.05, 0.1) is 11.6 Å². The van der Waals surface area contributed by atoms with E-state index in [0.29, 0.717) is 0 Å². The van der Waals surface area contributed by atoms with Crippen LogP contribution in [0.3, 0.4) is 0 Å². The normalized spacial score (nSPS) is 19.6. The van der Waals surface area contributed by atoms with Gasteiger partial charge in [-0.15, -0.1) is 0 Å². The van der Waals surface area contributed by atoms with Gasteiger partial charge in [-0.2, -0.15) is 0 Å². The number of halogens is 1. The van der Waals surface area contributed by atoms with Gasteiger partial charge < -0.3 is 5.32 Å². The van der Waals surface area contributed by atoms with E-state index in [0.717, 1.165) is 18.4 Å². The molecule has 0 radical (unpaired) electrons. The molecule has 4 rings (SSSR count). The standard InChI is InChI=1S/C18H13ClN2O2/c19-14-16(18(23)15-12(17(14)22)6-3-9-20-15)21-13-8-7-10-4-1-2-5-11(10)13/h1-6,9,13,21H,7-8H2. The van der Waals surface area contributed by atoms with Crippen LogP contribution in [-0.4, -0.2) is 16.6 Å². The molecule has 1 N–H and O–H groups in total. The molecular weight excluding hydrogens is 312 g/mol. The van der Waals surface area contributed by atoms with Crippen molar-refractivity contribution < 1.29 is 9.59 Å². The third-order valence-electron chi connectivity index (χ3n) is 4.36. The van der Waals surface area contributed by atoms with Gasteiger partial charge in [0.1, 0.15) is 16.4 Å². The van der Waals surface area contributed by atoms with E-state index < -0.39 is 0 Å². The lowest BCUT2D eigenvalue weighted by molar-refractivity contribution is 0.0968. The second kappa shape index (κ2) is 5.32. The van der Waals surface area contributed by atoms with Crippen molar-refractivity contribution >= 4 is 23.2 Å². The number of carbonyl (C=O) groups excluding carboxylic acids is 2. The van der Waals surface area contributed by atoms with Crippen molar-refractivity contribution in [3.8, 4) is 0 Å². The molecule has 0 bridgehead atoms. The van der Waals surface area contributed by atoms with E-state index in [1.54, 1.807) is 12.1 Å². The minimum atomic E-state index is -0.358. The number of rotatable bonds is 2. The van der Waals surface area contributed by atoms with Gasteiger partial charge in [-0.25, -0.2) is 0 Å². The van der Waals surface area contributed by atoms with Crippen LogP contribution in [-0.2, 0) is 6.42 Å². The largest absolute Gasteiger partial charge is 0.374 e. The minimum absolute atomic E-state index is 0.0167. The maximum atomic E-state index is 12.7. The summed E-state index contributed by atoms with van der Waals surface area (Å²) >= 11 is 6.18. The van der Waals surface area contributed by atoms with Crippen molar-refractivity contribution in [2.24, 2.45) is 0 Å². The SMILES string of the molecule is O=C1C(Cl)=C(NC2CCc3ccccc32)C(=O)c2ncccc21. The summed E-state index contributed by atoms with van der Waals surface area (Å²) in [6.07, 6.45) is 3.31. The topological polar surface area (TPSA) is 59.1 Å². The number of nitrogens with one attached hydrogen (secondary N) is 1. The van der Waals surface area contributed by atoms with Crippen LogP contribution in [0.15, 0.2) is 53.3 Å². The number of benzene rings is 1. The van der Waals surface area contributed by atoms with Crippen LogP contribution in [0.2, 0.25) is 0 Å². The number of fused-ring (bicyclic) bond motifs is 2. The summed E-state index contributed by atoms with van der Waals surface area (Å²) in [6.45, 7) is 0.